The molecule has 0 aliphatic carbocycles. The molecule has 1 rings (SSSR count). The molecule has 0 heterocycles. The van der Waals surface area contributed by atoms with Crippen LogP contribution in [0.3, 0.4) is 0 Å². The molecule has 0 fully saturated rings. The third-order valence-corrected chi connectivity index (χ3v) is 11.1. The maximum absolute atomic E-state index is 11.0. The molecule has 0 aromatic heterocycles. The molecule has 0 atom stereocenters. The summed E-state index contributed by atoms with van der Waals surface area (Å²) < 4.78 is 33.0. The minimum atomic E-state index is -4.33. The monoisotopic (exact) mass is 699 g/mol. The van der Waals surface area contributed by atoms with E-state index in [0.29, 0.717) is 0 Å². The van der Waals surface area contributed by atoms with Gasteiger partial charge in [-0.3, -0.25) is 0 Å². The van der Waals surface area contributed by atoms with Crippen molar-refractivity contribution in [3.8, 4) is 0 Å². The van der Waals surface area contributed by atoms with E-state index in [9.17, 15) is 13.0 Å². The maximum atomic E-state index is 11.0. The average Bonchev–Trinajstić information content (AvgIpc) is 3.06. The van der Waals surface area contributed by atoms with Crippen LogP contribution in [-0.4, -0.2) is 13.0 Å². The topological polar surface area (TPSA) is 57.2 Å². The standard InChI is InChI=1S/C43H80O3S.Na/c1-2-3-4-5-6-7-8-9-10-11-12-13-14-15-16-17-18-19-20-21-22-23-24-25-26-27-28-29-30-31-32-33-34-35-36-37-42-38-40-43(41-39-42)47(44,45)46;/h38-41H,2-37H2,1H3,(H,44,45,46);/q;+1/p-1. The van der Waals surface area contributed by atoms with Gasteiger partial charge in [-0.2, -0.15) is 0 Å². The molecule has 276 valence electrons. The Morgan fingerprint density at radius 1 is 0.375 bits per heavy atom. The SMILES string of the molecule is CCCCCCCCCCCCCCCCCCCCCCCCCCCCCCCCCCCCCc1ccc(S(=O)(=O)[O-])cc1.[Na+]. The van der Waals surface area contributed by atoms with Crippen molar-refractivity contribution in [2.24, 2.45) is 0 Å². The van der Waals surface area contributed by atoms with Gasteiger partial charge in [0.25, 0.3) is 0 Å². The molecule has 5 heteroatoms. The van der Waals surface area contributed by atoms with Crippen molar-refractivity contribution >= 4 is 10.1 Å². The van der Waals surface area contributed by atoms with E-state index in [4.69, 9.17) is 0 Å². The zero-order chi connectivity index (χ0) is 33.9. The first kappa shape index (κ1) is 48.1. The molecular formula is C43H79NaO3S. The van der Waals surface area contributed by atoms with E-state index in [1.54, 1.807) is 12.1 Å². The van der Waals surface area contributed by atoms with Crippen LogP contribution in [0.5, 0.6) is 0 Å². The van der Waals surface area contributed by atoms with Gasteiger partial charge in [-0.1, -0.05) is 237 Å². The third-order valence-electron chi connectivity index (χ3n) is 10.3. The summed E-state index contributed by atoms with van der Waals surface area (Å²) in [5.41, 5.74) is 1.11. The van der Waals surface area contributed by atoms with Crippen molar-refractivity contribution in [2.45, 2.75) is 243 Å². The van der Waals surface area contributed by atoms with Crippen molar-refractivity contribution in [1.29, 1.82) is 0 Å². The molecule has 0 saturated carbocycles. The number of rotatable bonds is 37. The number of unbranched alkanes of at least 4 members (excludes halogenated alkanes) is 34. The second kappa shape index (κ2) is 36.9. The van der Waals surface area contributed by atoms with E-state index in [-0.39, 0.29) is 34.5 Å². The summed E-state index contributed by atoms with van der Waals surface area (Å²) in [5.74, 6) is 0. The molecule has 0 amide bonds. The van der Waals surface area contributed by atoms with E-state index >= 15 is 0 Å². The van der Waals surface area contributed by atoms with Crippen molar-refractivity contribution in [1.82, 2.24) is 0 Å². The van der Waals surface area contributed by atoms with Gasteiger partial charge < -0.3 is 4.55 Å². The zero-order valence-corrected chi connectivity index (χ0v) is 35.2. The van der Waals surface area contributed by atoms with Crippen LogP contribution in [0.1, 0.15) is 237 Å². The molecule has 0 saturated heterocycles. The first-order valence-electron chi connectivity index (χ1n) is 21.1. The van der Waals surface area contributed by atoms with E-state index < -0.39 is 10.1 Å². The normalized spacial score (nSPS) is 11.6. The quantitative estimate of drug-likeness (QED) is 0.0395. The Morgan fingerprint density at radius 2 is 0.583 bits per heavy atom. The summed E-state index contributed by atoms with van der Waals surface area (Å²) in [4.78, 5) is -0.132. The molecule has 0 aliphatic rings. The van der Waals surface area contributed by atoms with Gasteiger partial charge in [0.2, 0.25) is 0 Å². The summed E-state index contributed by atoms with van der Waals surface area (Å²) >= 11 is 0. The number of benzene rings is 1. The van der Waals surface area contributed by atoms with Crippen molar-refractivity contribution < 1.29 is 42.5 Å². The van der Waals surface area contributed by atoms with Crippen molar-refractivity contribution in [3.05, 3.63) is 29.8 Å². The van der Waals surface area contributed by atoms with Crippen LogP contribution in [0, 0.1) is 0 Å². The Bertz CT molecular complexity index is 871. The van der Waals surface area contributed by atoms with E-state index in [1.807, 2.05) is 0 Å². The molecule has 0 aliphatic heterocycles. The number of aryl methyl sites for hydroxylation is 1. The van der Waals surface area contributed by atoms with Crippen molar-refractivity contribution in [3.63, 3.8) is 0 Å². The molecular weight excluding hydrogens is 620 g/mol. The van der Waals surface area contributed by atoms with Crippen LogP contribution in [-0.2, 0) is 16.5 Å². The average molecular weight is 699 g/mol. The van der Waals surface area contributed by atoms with E-state index in [2.05, 4.69) is 6.92 Å². The maximum Gasteiger partial charge on any atom is 1.00 e. The smallest absolute Gasteiger partial charge is 0.744 e. The largest absolute Gasteiger partial charge is 1.00 e. The van der Waals surface area contributed by atoms with Gasteiger partial charge in [0.1, 0.15) is 10.1 Å². The molecule has 48 heavy (non-hydrogen) atoms. The van der Waals surface area contributed by atoms with Crippen LogP contribution in [0.25, 0.3) is 0 Å². The molecule has 3 nitrogen and oxygen atoms in total. The Morgan fingerprint density at radius 3 is 0.792 bits per heavy atom. The number of hydrogen-bond donors (Lipinski definition) is 0. The Kier molecular flexibility index (Phi) is 37.0. The zero-order valence-electron chi connectivity index (χ0n) is 32.4. The van der Waals surface area contributed by atoms with Crippen molar-refractivity contribution in [2.75, 3.05) is 0 Å². The third kappa shape index (κ3) is 33.3. The summed E-state index contributed by atoms with van der Waals surface area (Å²) in [7, 11) is -4.33. The van der Waals surface area contributed by atoms with Gasteiger partial charge in [0, 0.05) is 0 Å². The van der Waals surface area contributed by atoms with Gasteiger partial charge in [0.15, 0.2) is 0 Å². The fraction of sp³-hybridized carbons (Fsp3) is 0.860. The number of hydrogen-bond acceptors (Lipinski definition) is 3. The summed E-state index contributed by atoms with van der Waals surface area (Å²) in [5, 5.41) is 0. The molecule has 1 aromatic carbocycles. The fourth-order valence-corrected chi connectivity index (χ4v) is 7.53. The second-order valence-electron chi connectivity index (χ2n) is 14.9. The summed E-state index contributed by atoms with van der Waals surface area (Å²) in [6.45, 7) is 2.30. The molecule has 0 N–H and O–H groups in total. The predicted molar refractivity (Wildman–Crippen MR) is 205 cm³/mol. The van der Waals surface area contributed by atoms with Gasteiger partial charge in [-0.25, -0.2) is 8.42 Å². The van der Waals surface area contributed by atoms with E-state index in [1.165, 1.54) is 230 Å². The predicted octanol–water partition coefficient (Wildman–Crippen LogP) is 11.8. The molecule has 1 aromatic rings. The molecule has 0 bridgehead atoms. The van der Waals surface area contributed by atoms with E-state index in [0.717, 1.165) is 18.4 Å². The first-order chi connectivity index (χ1) is 23.0. The van der Waals surface area contributed by atoms with Crippen LogP contribution in [0.2, 0.25) is 0 Å². The van der Waals surface area contributed by atoms with Gasteiger partial charge in [0.05, 0.1) is 4.90 Å². The Hall–Kier alpha value is 0.130. The van der Waals surface area contributed by atoms with Gasteiger partial charge in [-0.05, 0) is 30.5 Å². The van der Waals surface area contributed by atoms with Gasteiger partial charge in [-0.15, -0.1) is 0 Å². The molecule has 0 unspecified atom stereocenters. The Labute approximate surface area is 323 Å². The van der Waals surface area contributed by atoms with Crippen LogP contribution < -0.4 is 29.6 Å². The fourth-order valence-electron chi connectivity index (χ4n) is 7.06. The van der Waals surface area contributed by atoms with Gasteiger partial charge >= 0.3 is 29.6 Å². The molecule has 0 radical (unpaired) electrons. The Balaban J connectivity index is 0.0000221. The summed E-state index contributed by atoms with van der Waals surface area (Å²) in [6.07, 6.45) is 50.9. The van der Waals surface area contributed by atoms with Crippen LogP contribution in [0.15, 0.2) is 29.2 Å². The second-order valence-corrected chi connectivity index (χ2v) is 16.2. The van der Waals surface area contributed by atoms with Crippen LogP contribution >= 0.6 is 0 Å². The van der Waals surface area contributed by atoms with Crippen LogP contribution in [0.4, 0.5) is 0 Å². The summed E-state index contributed by atoms with van der Waals surface area (Å²) in [6, 6.07) is 6.41. The molecule has 0 spiro atoms. The minimum Gasteiger partial charge on any atom is -0.744 e. The minimum absolute atomic E-state index is 0. The first-order valence-corrected chi connectivity index (χ1v) is 22.5.